The van der Waals surface area contributed by atoms with Gasteiger partial charge in [0.25, 0.3) is 0 Å². The molecular weight excluding hydrogens is 406 g/mol. The van der Waals surface area contributed by atoms with Crippen LogP contribution >= 0.6 is 0 Å². The van der Waals surface area contributed by atoms with Crippen LogP contribution in [0.1, 0.15) is 12.8 Å². The van der Waals surface area contributed by atoms with E-state index in [1.165, 1.54) is 37.4 Å². The number of nitrogens with zero attached hydrogens (tertiary/aromatic N) is 5. The van der Waals surface area contributed by atoms with E-state index in [-0.39, 0.29) is 4.90 Å². The summed E-state index contributed by atoms with van der Waals surface area (Å²) in [6.45, 7) is 3.89. The molecule has 1 aromatic carbocycles. The minimum absolute atomic E-state index is 0.121. The Balaban J connectivity index is 1.49. The molecule has 0 bridgehead atoms. The van der Waals surface area contributed by atoms with Crippen LogP contribution in [0, 0.1) is 0 Å². The fourth-order valence-corrected chi connectivity index (χ4v) is 5.50. The highest BCUT2D eigenvalue weighted by atomic mass is 32.2. The van der Waals surface area contributed by atoms with Gasteiger partial charge in [0.05, 0.1) is 14.2 Å². The van der Waals surface area contributed by atoms with E-state index in [0.29, 0.717) is 37.7 Å². The SMILES string of the molecule is COc1ccc(OC)c(S(=O)(=O)N2CCN(c3cc(N4CCCC4)ncn3)CC2)c1. The van der Waals surface area contributed by atoms with Crippen LogP contribution in [-0.4, -0.2) is 76.2 Å². The van der Waals surface area contributed by atoms with E-state index in [9.17, 15) is 8.42 Å². The third-order valence-corrected chi connectivity index (χ3v) is 7.54. The van der Waals surface area contributed by atoms with E-state index >= 15 is 0 Å². The summed E-state index contributed by atoms with van der Waals surface area (Å²) in [5.41, 5.74) is 0. The van der Waals surface area contributed by atoms with Gasteiger partial charge in [0.15, 0.2) is 0 Å². The largest absolute Gasteiger partial charge is 0.497 e. The van der Waals surface area contributed by atoms with E-state index in [4.69, 9.17) is 9.47 Å². The van der Waals surface area contributed by atoms with Crippen LogP contribution < -0.4 is 19.3 Å². The molecule has 0 aliphatic carbocycles. The van der Waals surface area contributed by atoms with Crippen LogP contribution in [0.25, 0.3) is 0 Å². The molecule has 0 saturated carbocycles. The van der Waals surface area contributed by atoms with Gasteiger partial charge in [-0.3, -0.25) is 0 Å². The molecule has 0 spiro atoms. The number of piperazine rings is 1. The molecule has 2 aliphatic rings. The van der Waals surface area contributed by atoms with Gasteiger partial charge in [-0.1, -0.05) is 0 Å². The second kappa shape index (κ2) is 8.65. The van der Waals surface area contributed by atoms with Crippen molar-refractivity contribution in [2.45, 2.75) is 17.7 Å². The number of hydrogen-bond donors (Lipinski definition) is 0. The van der Waals surface area contributed by atoms with Gasteiger partial charge < -0.3 is 19.3 Å². The van der Waals surface area contributed by atoms with Gasteiger partial charge in [0, 0.05) is 51.4 Å². The smallest absolute Gasteiger partial charge is 0.247 e. The Kier molecular flexibility index (Phi) is 5.96. The van der Waals surface area contributed by atoms with E-state index in [1.807, 2.05) is 6.07 Å². The van der Waals surface area contributed by atoms with E-state index in [0.717, 1.165) is 24.7 Å². The lowest BCUT2D eigenvalue weighted by Crippen LogP contribution is -2.49. The zero-order chi connectivity index (χ0) is 21.1. The van der Waals surface area contributed by atoms with Crippen molar-refractivity contribution in [3.05, 3.63) is 30.6 Å². The van der Waals surface area contributed by atoms with Gasteiger partial charge in [0.1, 0.15) is 34.4 Å². The highest BCUT2D eigenvalue weighted by Crippen LogP contribution is 2.31. The fraction of sp³-hybridized carbons (Fsp3) is 0.500. The summed E-state index contributed by atoms with van der Waals surface area (Å²) in [4.78, 5) is 13.3. The molecule has 0 N–H and O–H groups in total. The molecule has 0 unspecified atom stereocenters. The molecule has 4 rings (SSSR count). The summed E-state index contributed by atoms with van der Waals surface area (Å²) >= 11 is 0. The second-order valence-corrected chi connectivity index (χ2v) is 9.24. The predicted octanol–water partition coefficient (Wildman–Crippen LogP) is 1.60. The summed E-state index contributed by atoms with van der Waals surface area (Å²) in [6, 6.07) is 6.81. The zero-order valence-corrected chi connectivity index (χ0v) is 18.1. The van der Waals surface area contributed by atoms with Crippen molar-refractivity contribution in [1.82, 2.24) is 14.3 Å². The Labute approximate surface area is 177 Å². The Bertz CT molecular complexity index is 986. The topological polar surface area (TPSA) is 88.1 Å². The molecule has 3 heterocycles. The van der Waals surface area contributed by atoms with Crippen molar-refractivity contribution >= 4 is 21.7 Å². The third kappa shape index (κ3) is 4.01. The summed E-state index contributed by atoms with van der Waals surface area (Å²) < 4.78 is 38.5. The minimum Gasteiger partial charge on any atom is -0.497 e. The zero-order valence-electron chi connectivity index (χ0n) is 17.3. The van der Waals surface area contributed by atoms with Crippen molar-refractivity contribution in [1.29, 1.82) is 0 Å². The van der Waals surface area contributed by atoms with Gasteiger partial charge in [-0.15, -0.1) is 0 Å². The van der Waals surface area contributed by atoms with Crippen LogP contribution in [0.15, 0.2) is 35.5 Å². The first-order chi connectivity index (χ1) is 14.5. The number of hydrogen-bond acceptors (Lipinski definition) is 8. The number of benzene rings is 1. The molecule has 162 valence electrons. The quantitative estimate of drug-likeness (QED) is 0.679. The van der Waals surface area contributed by atoms with Gasteiger partial charge in [-0.2, -0.15) is 4.31 Å². The van der Waals surface area contributed by atoms with E-state index < -0.39 is 10.0 Å². The molecular formula is C20H27N5O4S. The lowest BCUT2D eigenvalue weighted by molar-refractivity contribution is 0.370. The van der Waals surface area contributed by atoms with Gasteiger partial charge in [-0.25, -0.2) is 18.4 Å². The maximum Gasteiger partial charge on any atom is 0.247 e. The first kappa shape index (κ1) is 20.7. The van der Waals surface area contributed by atoms with Crippen molar-refractivity contribution < 1.29 is 17.9 Å². The van der Waals surface area contributed by atoms with Crippen LogP contribution in [0.4, 0.5) is 11.6 Å². The highest BCUT2D eigenvalue weighted by molar-refractivity contribution is 7.89. The van der Waals surface area contributed by atoms with Crippen molar-refractivity contribution in [3.8, 4) is 11.5 Å². The summed E-state index contributed by atoms with van der Waals surface area (Å²) in [5.74, 6) is 2.56. The second-order valence-electron chi connectivity index (χ2n) is 7.34. The molecule has 1 aromatic heterocycles. The maximum atomic E-state index is 13.2. The standard InChI is InChI=1S/C20H27N5O4S/c1-28-16-5-6-17(29-2)18(13-16)30(26,27)25-11-9-24(10-12-25)20-14-19(21-15-22-20)23-7-3-4-8-23/h5-6,13-15H,3-4,7-12H2,1-2H3. The Morgan fingerprint density at radius 1 is 0.833 bits per heavy atom. The van der Waals surface area contributed by atoms with Gasteiger partial charge >= 0.3 is 0 Å². The number of rotatable bonds is 6. The average Bonchev–Trinajstić information content (AvgIpc) is 3.34. The lowest BCUT2D eigenvalue weighted by atomic mass is 10.3. The first-order valence-electron chi connectivity index (χ1n) is 10.1. The van der Waals surface area contributed by atoms with Gasteiger partial charge in [0.2, 0.25) is 10.0 Å². The minimum atomic E-state index is -3.70. The van der Waals surface area contributed by atoms with Crippen LogP contribution in [-0.2, 0) is 10.0 Å². The normalized spacial score (nSPS) is 17.9. The molecule has 2 aliphatic heterocycles. The number of sulfonamides is 1. The van der Waals surface area contributed by atoms with Gasteiger partial charge in [-0.05, 0) is 25.0 Å². The Morgan fingerprint density at radius 2 is 1.47 bits per heavy atom. The molecule has 2 saturated heterocycles. The number of methoxy groups -OCH3 is 2. The first-order valence-corrected chi connectivity index (χ1v) is 11.5. The van der Waals surface area contributed by atoms with Crippen molar-refractivity contribution in [2.75, 3.05) is 63.3 Å². The number of anilines is 2. The Hall–Kier alpha value is -2.59. The van der Waals surface area contributed by atoms with Crippen LogP contribution in [0.5, 0.6) is 11.5 Å². The molecule has 30 heavy (non-hydrogen) atoms. The molecule has 2 fully saturated rings. The summed E-state index contributed by atoms with van der Waals surface area (Å²) in [5, 5.41) is 0. The number of aromatic nitrogens is 2. The molecule has 0 amide bonds. The molecule has 9 nitrogen and oxygen atoms in total. The predicted molar refractivity (Wildman–Crippen MR) is 114 cm³/mol. The molecule has 10 heteroatoms. The highest BCUT2D eigenvalue weighted by Gasteiger charge is 2.32. The lowest BCUT2D eigenvalue weighted by Gasteiger charge is -2.35. The average molecular weight is 434 g/mol. The fourth-order valence-electron chi connectivity index (χ4n) is 3.91. The van der Waals surface area contributed by atoms with Crippen molar-refractivity contribution in [3.63, 3.8) is 0 Å². The van der Waals surface area contributed by atoms with E-state index in [1.54, 1.807) is 18.5 Å². The maximum absolute atomic E-state index is 13.2. The summed E-state index contributed by atoms with van der Waals surface area (Å²) in [7, 11) is -0.730. The van der Waals surface area contributed by atoms with Crippen molar-refractivity contribution in [2.24, 2.45) is 0 Å². The van der Waals surface area contributed by atoms with E-state index in [2.05, 4.69) is 19.8 Å². The van der Waals surface area contributed by atoms with Crippen LogP contribution in [0.2, 0.25) is 0 Å². The molecule has 0 atom stereocenters. The Morgan fingerprint density at radius 3 is 2.07 bits per heavy atom. The molecule has 0 radical (unpaired) electrons. The number of ether oxygens (including phenoxy) is 2. The van der Waals surface area contributed by atoms with Crippen LogP contribution in [0.3, 0.4) is 0 Å². The third-order valence-electron chi connectivity index (χ3n) is 5.62. The monoisotopic (exact) mass is 433 g/mol. The summed E-state index contributed by atoms with van der Waals surface area (Å²) in [6.07, 6.45) is 3.96. The molecule has 2 aromatic rings.